The Morgan fingerprint density at radius 3 is 2.21 bits per heavy atom. The lowest BCUT2D eigenvalue weighted by Crippen LogP contribution is -2.61. The van der Waals surface area contributed by atoms with Gasteiger partial charge in [0.05, 0.1) is 30.5 Å². The zero-order valence-corrected chi connectivity index (χ0v) is 37.4. The molecule has 0 unspecified atom stereocenters. The van der Waals surface area contributed by atoms with E-state index in [4.69, 9.17) is 9.47 Å². The number of carbonyl (C=O) groups is 5. The Bertz CT molecular complexity index is 1670. The van der Waals surface area contributed by atoms with Crippen LogP contribution < -0.4 is 0 Å². The quantitative estimate of drug-likeness (QED) is 0.140. The number of rotatable bonds is 3. The first-order valence-electron chi connectivity index (χ1n) is 22.6. The molecule has 3 fully saturated rings. The summed E-state index contributed by atoms with van der Waals surface area (Å²) in [5, 5.41) is 54.4. The predicted octanol–water partition coefficient (Wildman–Crippen LogP) is 5.25. The van der Waals surface area contributed by atoms with Crippen molar-refractivity contribution in [3.05, 3.63) is 47.6 Å². The maximum absolute atomic E-state index is 14.2. The third-order valence-corrected chi connectivity index (χ3v) is 13.6. The van der Waals surface area contributed by atoms with Crippen LogP contribution in [0, 0.1) is 35.5 Å². The van der Waals surface area contributed by atoms with Gasteiger partial charge >= 0.3 is 5.97 Å². The van der Waals surface area contributed by atoms with E-state index in [2.05, 4.69) is 0 Å². The second-order valence-electron chi connectivity index (χ2n) is 18.9. The Kier molecular flexibility index (Phi) is 18.8. The van der Waals surface area contributed by atoms with Crippen molar-refractivity contribution in [2.75, 3.05) is 6.54 Å². The fourth-order valence-corrected chi connectivity index (χ4v) is 9.28. The van der Waals surface area contributed by atoms with Crippen LogP contribution in [0.1, 0.15) is 132 Å². The summed E-state index contributed by atoms with van der Waals surface area (Å²) in [6, 6.07) is -1.16. The molecule has 1 aliphatic carbocycles. The second-order valence-corrected chi connectivity index (χ2v) is 18.9. The van der Waals surface area contributed by atoms with Crippen molar-refractivity contribution in [3.63, 3.8) is 0 Å². The number of esters is 1. The summed E-state index contributed by atoms with van der Waals surface area (Å²) in [5.74, 6) is -7.98. The summed E-state index contributed by atoms with van der Waals surface area (Å²) in [6.45, 7) is 12.5. The average molecular weight is 856 g/mol. The van der Waals surface area contributed by atoms with Crippen LogP contribution in [0.15, 0.2) is 47.6 Å². The molecule has 3 aliphatic heterocycles. The third kappa shape index (κ3) is 13.8. The number of hydrogen-bond donors (Lipinski definition) is 5. The van der Waals surface area contributed by atoms with E-state index in [0.717, 1.165) is 4.90 Å². The molecule has 13 nitrogen and oxygen atoms in total. The first kappa shape index (κ1) is 50.3. The first-order valence-corrected chi connectivity index (χ1v) is 22.6. The van der Waals surface area contributed by atoms with Crippen molar-refractivity contribution < 1.29 is 59.0 Å². The van der Waals surface area contributed by atoms with E-state index in [1.54, 1.807) is 45.9 Å². The lowest BCUT2D eigenvalue weighted by molar-refractivity contribution is -0.265. The zero-order chi connectivity index (χ0) is 45.2. The molecule has 4 aliphatic rings. The Hall–Kier alpha value is -3.33. The molecule has 0 aromatic heterocycles. The van der Waals surface area contributed by atoms with Crippen molar-refractivity contribution in [2.24, 2.45) is 35.5 Å². The number of carbonyl (C=O) groups excluding carboxylic acids is 5. The molecule has 1 amide bonds. The molecule has 3 heterocycles. The molecule has 2 bridgehead atoms. The topological polar surface area (TPSA) is 208 Å². The van der Waals surface area contributed by atoms with Gasteiger partial charge in [-0.2, -0.15) is 0 Å². The first-order chi connectivity index (χ1) is 28.7. The predicted molar refractivity (Wildman–Crippen MR) is 229 cm³/mol. The third-order valence-electron chi connectivity index (χ3n) is 13.6. The normalized spacial score (nSPS) is 41.0. The van der Waals surface area contributed by atoms with Crippen molar-refractivity contribution in [1.82, 2.24) is 4.90 Å². The molecule has 2 saturated heterocycles. The number of cyclic esters (lactones) is 1. The Balaban J connectivity index is 1.65. The molecule has 342 valence electrons. The number of aliphatic hydroxyl groups excluding tert-OH is 4. The molecule has 0 aromatic rings. The average Bonchev–Trinajstić information content (AvgIpc) is 3.21. The SMILES string of the molecule is C/C1=C\[C@@H](C)C(=O)C[C@@H]([C@H](C)C[C@@H]2CC[C@@H](O)[C@H](O)C2)OC(=O)[C@@H]2CCCCN2C(=O)C(=O)[C@]2(O)O[C@@H](CC[C@H]2C)C[C@H](O)/C(C)=C/C=C/C=C/[C@@H](C)C[C@@H](C)C(=O)C[C@@H]1O. The number of amides is 1. The molecule has 1 saturated carbocycles. The van der Waals surface area contributed by atoms with E-state index >= 15 is 0 Å². The molecule has 61 heavy (non-hydrogen) atoms. The van der Waals surface area contributed by atoms with Gasteiger partial charge in [-0.25, -0.2) is 4.79 Å². The largest absolute Gasteiger partial charge is 0.460 e. The van der Waals surface area contributed by atoms with Gasteiger partial charge in [0.25, 0.3) is 11.7 Å². The van der Waals surface area contributed by atoms with Gasteiger partial charge in [-0.15, -0.1) is 0 Å². The molecular formula is C48H73NO12. The molecule has 0 spiro atoms. The number of Topliss-reactive ketones (excluding diaryl/α,β-unsaturated/α-hetero) is 3. The fraction of sp³-hybridized carbons (Fsp3) is 0.729. The van der Waals surface area contributed by atoms with E-state index < -0.39 is 77.9 Å². The minimum atomic E-state index is -2.48. The lowest BCUT2D eigenvalue weighted by atomic mass is 9.78. The zero-order valence-electron chi connectivity index (χ0n) is 37.4. The van der Waals surface area contributed by atoms with Crippen LogP contribution in [0.3, 0.4) is 0 Å². The summed E-state index contributed by atoms with van der Waals surface area (Å²) in [7, 11) is 0. The highest BCUT2D eigenvalue weighted by Crippen LogP contribution is 2.37. The fourth-order valence-electron chi connectivity index (χ4n) is 9.28. The van der Waals surface area contributed by atoms with Gasteiger partial charge in [0, 0.05) is 43.6 Å². The van der Waals surface area contributed by atoms with Gasteiger partial charge in [-0.3, -0.25) is 19.2 Å². The van der Waals surface area contributed by atoms with Crippen LogP contribution in [-0.2, 0) is 33.4 Å². The number of hydrogen-bond acceptors (Lipinski definition) is 12. The van der Waals surface area contributed by atoms with Crippen molar-refractivity contribution in [2.45, 2.75) is 180 Å². The molecule has 14 atom stereocenters. The minimum absolute atomic E-state index is 0.00391. The Morgan fingerprint density at radius 1 is 0.787 bits per heavy atom. The van der Waals surface area contributed by atoms with Gasteiger partial charge < -0.3 is 39.9 Å². The van der Waals surface area contributed by atoms with E-state index in [-0.39, 0.29) is 67.5 Å². The van der Waals surface area contributed by atoms with E-state index in [1.807, 2.05) is 39.0 Å². The smallest absolute Gasteiger partial charge is 0.329 e. The van der Waals surface area contributed by atoms with E-state index in [9.17, 15) is 49.5 Å². The molecule has 0 radical (unpaired) electrons. The highest BCUT2D eigenvalue weighted by atomic mass is 16.6. The van der Waals surface area contributed by atoms with Crippen molar-refractivity contribution in [3.8, 4) is 0 Å². The van der Waals surface area contributed by atoms with Crippen LogP contribution in [-0.4, -0.2) is 115 Å². The van der Waals surface area contributed by atoms with Crippen LogP contribution in [0.4, 0.5) is 0 Å². The Morgan fingerprint density at radius 2 is 1.51 bits per heavy atom. The highest BCUT2D eigenvalue weighted by molar-refractivity contribution is 6.39. The van der Waals surface area contributed by atoms with Crippen LogP contribution >= 0.6 is 0 Å². The second kappa shape index (κ2) is 22.9. The minimum Gasteiger partial charge on any atom is -0.460 e. The highest BCUT2D eigenvalue weighted by Gasteiger charge is 2.53. The molecule has 0 aromatic carbocycles. The maximum Gasteiger partial charge on any atom is 0.329 e. The van der Waals surface area contributed by atoms with E-state index in [1.165, 1.54) is 0 Å². The number of aliphatic hydroxyl groups is 5. The number of ether oxygens (including phenoxy) is 2. The molecule has 5 N–H and O–H groups in total. The monoisotopic (exact) mass is 856 g/mol. The Labute approximate surface area is 362 Å². The van der Waals surface area contributed by atoms with Crippen LogP contribution in [0.2, 0.25) is 0 Å². The molecule has 4 rings (SSSR count). The van der Waals surface area contributed by atoms with Gasteiger partial charge in [0.15, 0.2) is 0 Å². The van der Waals surface area contributed by atoms with Crippen molar-refractivity contribution >= 4 is 29.2 Å². The molecule has 13 heteroatoms. The summed E-state index contributed by atoms with van der Waals surface area (Å²) in [4.78, 5) is 70.5. The van der Waals surface area contributed by atoms with Crippen LogP contribution in [0.5, 0.6) is 0 Å². The summed E-state index contributed by atoms with van der Waals surface area (Å²) >= 11 is 0. The summed E-state index contributed by atoms with van der Waals surface area (Å²) in [5.41, 5.74) is 1.10. The number of piperidine rings is 1. The standard InChI is InChI=1S/C48H73NO12/c1-28-13-9-8-10-14-29(2)39(51)25-36-18-16-34(7)48(59,61-36)45(56)46(57)49-20-12-11-15-37(49)47(58)60-44(33(6)23-35-17-19-38(50)43(55)24-35)27-42(54)32(5)22-31(4)41(53)26-40(52)30(3)21-28/h8-10,13-14,22,28,30,32-39,41,43-44,50-51,53,55,59H,11-12,15-21,23-27H2,1-7H3/b10-8+,13-9+,29-14+,31-22+/t28-,30-,32-,33-,34-,35+,36+,37+,38-,39+,41+,43-,44+,48-/m1/s1. The van der Waals surface area contributed by atoms with E-state index in [0.29, 0.717) is 68.9 Å². The van der Waals surface area contributed by atoms with Crippen molar-refractivity contribution in [1.29, 1.82) is 0 Å². The molecular weight excluding hydrogens is 783 g/mol. The number of allylic oxidation sites excluding steroid dienone is 6. The summed E-state index contributed by atoms with van der Waals surface area (Å²) < 4.78 is 12.2. The van der Waals surface area contributed by atoms with Crippen LogP contribution in [0.25, 0.3) is 0 Å². The number of nitrogens with zero attached hydrogens (tertiary/aromatic N) is 1. The van der Waals surface area contributed by atoms with Gasteiger partial charge in [0.2, 0.25) is 5.79 Å². The number of fused-ring (bicyclic) bond motifs is 3. The maximum atomic E-state index is 14.2. The van der Waals surface area contributed by atoms with Gasteiger partial charge in [-0.1, -0.05) is 71.1 Å². The van der Waals surface area contributed by atoms with Gasteiger partial charge in [-0.05, 0) is 107 Å². The number of ketones is 3. The lowest BCUT2D eigenvalue weighted by Gasteiger charge is -2.42. The summed E-state index contributed by atoms with van der Waals surface area (Å²) in [6.07, 6.45) is 9.72. The van der Waals surface area contributed by atoms with Gasteiger partial charge in [0.1, 0.15) is 23.7 Å².